The Hall–Kier alpha value is -2.97. The third kappa shape index (κ3) is 6.64. The summed E-state index contributed by atoms with van der Waals surface area (Å²) in [6.07, 6.45) is 1.19. The fraction of sp³-hybridized carbons (Fsp3) is 0.158. The van der Waals surface area contributed by atoms with E-state index in [9.17, 15) is 14.4 Å². The summed E-state index contributed by atoms with van der Waals surface area (Å²) < 4.78 is 0. The smallest absolute Gasteiger partial charge is 0.269 e. The molecule has 0 spiro atoms. The van der Waals surface area contributed by atoms with Crippen LogP contribution >= 0.6 is 23.8 Å². The van der Waals surface area contributed by atoms with Crippen molar-refractivity contribution in [1.82, 2.24) is 16.2 Å². The second-order valence-corrected chi connectivity index (χ2v) is 6.59. The maximum Gasteiger partial charge on any atom is 0.269 e. The summed E-state index contributed by atoms with van der Waals surface area (Å²) in [6.45, 7) is 1.92. The average molecular weight is 419 g/mol. The van der Waals surface area contributed by atoms with Crippen molar-refractivity contribution in [3.8, 4) is 0 Å². The Kier molecular flexibility index (Phi) is 7.91. The fourth-order valence-corrected chi connectivity index (χ4v) is 2.42. The lowest BCUT2D eigenvalue weighted by Gasteiger charge is -2.11. The number of thiocarbonyl (C=S) groups is 1. The highest BCUT2D eigenvalue weighted by Crippen LogP contribution is 2.10. The average Bonchev–Trinajstić information content (AvgIpc) is 2.67. The van der Waals surface area contributed by atoms with Crippen molar-refractivity contribution >= 4 is 52.3 Å². The van der Waals surface area contributed by atoms with Crippen molar-refractivity contribution in [3.63, 3.8) is 0 Å². The van der Waals surface area contributed by atoms with Gasteiger partial charge in [0.05, 0.1) is 0 Å². The summed E-state index contributed by atoms with van der Waals surface area (Å²) in [7, 11) is 0. The first kappa shape index (κ1) is 21.3. The fourth-order valence-electron chi connectivity index (χ4n) is 2.15. The highest BCUT2D eigenvalue weighted by molar-refractivity contribution is 7.80. The first-order valence-corrected chi connectivity index (χ1v) is 9.25. The molecule has 0 saturated heterocycles. The van der Waals surface area contributed by atoms with Crippen molar-refractivity contribution in [2.45, 2.75) is 19.8 Å². The Morgan fingerprint density at radius 1 is 0.893 bits per heavy atom. The van der Waals surface area contributed by atoms with Gasteiger partial charge in [0.1, 0.15) is 0 Å². The molecule has 2 rings (SSSR count). The molecule has 2 aromatic rings. The molecule has 4 N–H and O–H groups in total. The van der Waals surface area contributed by atoms with Gasteiger partial charge in [-0.3, -0.25) is 30.6 Å². The number of hydrazine groups is 1. The number of amides is 3. The van der Waals surface area contributed by atoms with E-state index in [0.29, 0.717) is 28.3 Å². The highest BCUT2D eigenvalue weighted by atomic mass is 35.5. The monoisotopic (exact) mass is 418 g/mol. The molecule has 0 fully saturated rings. The third-order valence-electron chi connectivity index (χ3n) is 3.53. The van der Waals surface area contributed by atoms with Gasteiger partial charge in [-0.2, -0.15) is 0 Å². The maximum atomic E-state index is 12.1. The van der Waals surface area contributed by atoms with Gasteiger partial charge in [-0.15, -0.1) is 0 Å². The minimum absolute atomic E-state index is 0.0586. The first-order valence-electron chi connectivity index (χ1n) is 8.46. The molecule has 0 aliphatic rings. The quantitative estimate of drug-likeness (QED) is 0.442. The Morgan fingerprint density at radius 2 is 1.46 bits per heavy atom. The van der Waals surface area contributed by atoms with E-state index >= 15 is 0 Å². The lowest BCUT2D eigenvalue weighted by atomic mass is 10.2. The number of halogens is 1. The molecule has 7 nitrogen and oxygen atoms in total. The van der Waals surface area contributed by atoms with Crippen LogP contribution in [0.25, 0.3) is 0 Å². The minimum atomic E-state index is -0.450. The number of carbonyl (C=O) groups is 3. The zero-order valence-corrected chi connectivity index (χ0v) is 16.6. The topological polar surface area (TPSA) is 99.3 Å². The van der Waals surface area contributed by atoms with E-state index in [2.05, 4.69) is 21.5 Å². The molecule has 0 unspecified atom stereocenters. The lowest BCUT2D eigenvalue weighted by molar-refractivity contribution is -0.116. The SMILES string of the molecule is CCCC(=O)Nc1ccc(C(=O)NNC(=S)NC(=O)c2ccc(Cl)cc2)cc1. The van der Waals surface area contributed by atoms with Gasteiger partial charge in [-0.25, -0.2) is 0 Å². The Labute approximate surface area is 172 Å². The van der Waals surface area contributed by atoms with Gasteiger partial charge in [-0.1, -0.05) is 18.5 Å². The standard InChI is InChI=1S/C19H19ClN4O3S/c1-2-3-16(25)21-15-10-6-13(7-11-15)18(27)23-24-19(28)22-17(26)12-4-8-14(20)9-5-12/h4-11H,2-3H2,1H3,(H,21,25)(H,23,27)(H2,22,24,26,28). The third-order valence-corrected chi connectivity index (χ3v) is 3.99. The van der Waals surface area contributed by atoms with Crippen LogP contribution in [0.4, 0.5) is 5.69 Å². The maximum absolute atomic E-state index is 12.1. The van der Waals surface area contributed by atoms with Crippen molar-refractivity contribution < 1.29 is 14.4 Å². The van der Waals surface area contributed by atoms with Gasteiger partial charge in [0.25, 0.3) is 11.8 Å². The predicted octanol–water partition coefficient (Wildman–Crippen LogP) is 3.03. The van der Waals surface area contributed by atoms with Gasteiger partial charge >= 0.3 is 0 Å². The molecular weight excluding hydrogens is 400 g/mol. The second kappa shape index (κ2) is 10.4. The van der Waals surface area contributed by atoms with Gasteiger partial charge in [0.2, 0.25) is 5.91 Å². The Balaban J connectivity index is 1.82. The first-order chi connectivity index (χ1) is 13.4. The number of anilines is 1. The molecule has 9 heteroatoms. The van der Waals surface area contributed by atoms with E-state index in [1.165, 1.54) is 0 Å². The van der Waals surface area contributed by atoms with Crippen molar-refractivity contribution in [2.75, 3.05) is 5.32 Å². The van der Waals surface area contributed by atoms with Crippen LogP contribution in [0.2, 0.25) is 5.02 Å². The van der Waals surface area contributed by atoms with E-state index in [0.717, 1.165) is 6.42 Å². The number of benzene rings is 2. The highest BCUT2D eigenvalue weighted by Gasteiger charge is 2.10. The molecule has 0 heterocycles. The normalized spacial score (nSPS) is 9.93. The predicted molar refractivity (Wildman–Crippen MR) is 112 cm³/mol. The van der Waals surface area contributed by atoms with E-state index in [1.807, 2.05) is 6.92 Å². The number of carbonyl (C=O) groups excluding carboxylic acids is 3. The van der Waals surface area contributed by atoms with Crippen LogP contribution in [0.15, 0.2) is 48.5 Å². The molecule has 3 amide bonds. The van der Waals surface area contributed by atoms with Gasteiger partial charge in [0, 0.05) is 28.3 Å². The van der Waals surface area contributed by atoms with E-state index < -0.39 is 11.8 Å². The number of hydrogen-bond donors (Lipinski definition) is 4. The summed E-state index contributed by atoms with van der Waals surface area (Å²) in [5, 5.41) is 5.63. The molecule has 146 valence electrons. The molecule has 28 heavy (non-hydrogen) atoms. The number of rotatable bonds is 5. The molecule has 0 saturated carbocycles. The summed E-state index contributed by atoms with van der Waals surface area (Å²) in [5.41, 5.74) is 6.19. The molecular formula is C19H19ClN4O3S. The number of hydrogen-bond acceptors (Lipinski definition) is 4. The van der Waals surface area contributed by atoms with Crippen LogP contribution in [0, 0.1) is 0 Å². The zero-order valence-electron chi connectivity index (χ0n) is 15.0. The summed E-state index contributed by atoms with van der Waals surface area (Å²) in [6, 6.07) is 12.7. The van der Waals surface area contributed by atoms with Crippen LogP contribution in [-0.4, -0.2) is 22.8 Å². The summed E-state index contributed by atoms with van der Waals surface area (Å²) in [5.74, 6) is -0.965. The van der Waals surface area contributed by atoms with Gasteiger partial charge in [0.15, 0.2) is 5.11 Å². The molecule has 0 aliphatic carbocycles. The van der Waals surface area contributed by atoms with Crippen LogP contribution in [-0.2, 0) is 4.79 Å². The number of nitrogens with one attached hydrogen (secondary N) is 4. The molecule has 0 bridgehead atoms. The Morgan fingerprint density at radius 3 is 2.07 bits per heavy atom. The van der Waals surface area contributed by atoms with Crippen molar-refractivity contribution in [1.29, 1.82) is 0 Å². The minimum Gasteiger partial charge on any atom is -0.326 e. The summed E-state index contributed by atoms with van der Waals surface area (Å²) >= 11 is 10.8. The van der Waals surface area contributed by atoms with E-state index in [4.69, 9.17) is 23.8 Å². The van der Waals surface area contributed by atoms with E-state index in [-0.39, 0.29) is 11.0 Å². The van der Waals surface area contributed by atoms with Crippen molar-refractivity contribution in [2.24, 2.45) is 0 Å². The second-order valence-electron chi connectivity index (χ2n) is 5.74. The van der Waals surface area contributed by atoms with Crippen LogP contribution in [0.1, 0.15) is 40.5 Å². The van der Waals surface area contributed by atoms with Crippen LogP contribution < -0.4 is 21.5 Å². The molecule has 0 atom stereocenters. The van der Waals surface area contributed by atoms with Crippen LogP contribution in [0.3, 0.4) is 0 Å². The molecule has 0 aliphatic heterocycles. The van der Waals surface area contributed by atoms with Crippen LogP contribution in [0.5, 0.6) is 0 Å². The largest absolute Gasteiger partial charge is 0.326 e. The van der Waals surface area contributed by atoms with Gasteiger partial charge in [-0.05, 0) is 67.2 Å². The molecule has 0 radical (unpaired) electrons. The molecule has 0 aromatic heterocycles. The van der Waals surface area contributed by atoms with E-state index in [1.54, 1.807) is 48.5 Å². The Bertz CT molecular complexity index is 870. The van der Waals surface area contributed by atoms with Crippen molar-refractivity contribution in [3.05, 3.63) is 64.7 Å². The summed E-state index contributed by atoms with van der Waals surface area (Å²) in [4.78, 5) is 35.7. The van der Waals surface area contributed by atoms with Gasteiger partial charge < -0.3 is 5.32 Å². The molecule has 2 aromatic carbocycles. The zero-order chi connectivity index (χ0) is 20.5. The lowest BCUT2D eigenvalue weighted by Crippen LogP contribution is -2.48.